The van der Waals surface area contributed by atoms with Crippen molar-refractivity contribution in [2.75, 3.05) is 26.9 Å². The Bertz CT molecular complexity index is 919. The summed E-state index contributed by atoms with van der Waals surface area (Å²) >= 11 is 0. The van der Waals surface area contributed by atoms with Crippen molar-refractivity contribution < 1.29 is 19.0 Å². The van der Waals surface area contributed by atoms with E-state index in [2.05, 4.69) is 23.5 Å². The van der Waals surface area contributed by atoms with E-state index in [-0.39, 0.29) is 29.3 Å². The fraction of sp³-hybridized carbons (Fsp3) is 0.458. The molecule has 0 radical (unpaired) electrons. The summed E-state index contributed by atoms with van der Waals surface area (Å²) in [5.41, 5.74) is 3.83. The standard InChI is InChI=1S/C24H27NO4/c1-3-28-23(26)21-18(13-25-22(21)15-4-7-17(27-2)8-5-15)16-6-9-20-19(12-16)24(10-11-24)14-29-20/h4-9,12,18,21-22,25H,3,10-11,13-14H2,1-2H3. The largest absolute Gasteiger partial charge is 0.497 e. The summed E-state index contributed by atoms with van der Waals surface area (Å²) in [7, 11) is 1.66. The van der Waals surface area contributed by atoms with Gasteiger partial charge >= 0.3 is 5.97 Å². The van der Waals surface area contributed by atoms with Crippen LogP contribution in [0.5, 0.6) is 11.5 Å². The van der Waals surface area contributed by atoms with Crippen molar-refractivity contribution in [2.45, 2.75) is 37.1 Å². The lowest BCUT2D eigenvalue weighted by Gasteiger charge is -2.23. The molecule has 152 valence electrons. The molecule has 5 rings (SSSR count). The number of methoxy groups -OCH3 is 1. The Balaban J connectivity index is 1.48. The van der Waals surface area contributed by atoms with Crippen molar-refractivity contribution in [3.8, 4) is 11.5 Å². The summed E-state index contributed by atoms with van der Waals surface area (Å²) in [4.78, 5) is 13.0. The van der Waals surface area contributed by atoms with Gasteiger partial charge in [-0.3, -0.25) is 4.79 Å². The highest BCUT2D eigenvalue weighted by Gasteiger charge is 2.51. The maximum Gasteiger partial charge on any atom is 0.311 e. The zero-order chi connectivity index (χ0) is 20.0. The van der Waals surface area contributed by atoms with Crippen molar-refractivity contribution in [2.24, 2.45) is 5.92 Å². The average Bonchev–Trinajstić information content (AvgIpc) is 3.26. The Labute approximate surface area is 171 Å². The van der Waals surface area contributed by atoms with Crippen molar-refractivity contribution in [3.63, 3.8) is 0 Å². The van der Waals surface area contributed by atoms with Crippen molar-refractivity contribution in [1.82, 2.24) is 5.32 Å². The highest BCUT2D eigenvalue weighted by atomic mass is 16.5. The summed E-state index contributed by atoms with van der Waals surface area (Å²) in [5, 5.41) is 3.58. The van der Waals surface area contributed by atoms with Crippen LogP contribution < -0.4 is 14.8 Å². The number of benzene rings is 2. The van der Waals surface area contributed by atoms with Gasteiger partial charge in [0, 0.05) is 29.5 Å². The van der Waals surface area contributed by atoms with E-state index in [1.807, 2.05) is 31.2 Å². The molecule has 2 aliphatic heterocycles. The number of ether oxygens (including phenoxy) is 3. The van der Waals surface area contributed by atoms with Crippen LogP contribution in [0.3, 0.4) is 0 Å². The van der Waals surface area contributed by atoms with E-state index in [1.54, 1.807) is 7.11 Å². The molecule has 2 aromatic carbocycles. The van der Waals surface area contributed by atoms with E-state index in [4.69, 9.17) is 14.2 Å². The summed E-state index contributed by atoms with van der Waals surface area (Å²) in [6.07, 6.45) is 2.39. The van der Waals surface area contributed by atoms with Gasteiger partial charge in [0.2, 0.25) is 0 Å². The van der Waals surface area contributed by atoms with E-state index >= 15 is 0 Å². The molecular weight excluding hydrogens is 366 g/mol. The van der Waals surface area contributed by atoms with Gasteiger partial charge in [0.1, 0.15) is 11.5 Å². The number of carbonyl (C=O) groups excluding carboxylic acids is 1. The normalized spacial score (nSPS) is 26.1. The minimum Gasteiger partial charge on any atom is -0.497 e. The SMILES string of the molecule is CCOC(=O)C1C(c2ccc3c(c2)C2(CC2)CO3)CNC1c1ccc(OC)cc1. The summed E-state index contributed by atoms with van der Waals surface area (Å²) in [6, 6.07) is 14.3. The third-order valence-electron chi connectivity index (χ3n) is 6.74. The molecule has 5 nitrogen and oxygen atoms in total. The zero-order valence-corrected chi connectivity index (χ0v) is 16.9. The van der Waals surface area contributed by atoms with Crippen LogP contribution in [0.4, 0.5) is 0 Å². The van der Waals surface area contributed by atoms with Gasteiger partial charge in [0.05, 0.1) is 26.2 Å². The van der Waals surface area contributed by atoms with Crippen LogP contribution >= 0.6 is 0 Å². The lowest BCUT2D eigenvalue weighted by Crippen LogP contribution is -2.27. The van der Waals surface area contributed by atoms with Gasteiger partial charge in [-0.15, -0.1) is 0 Å². The first-order chi connectivity index (χ1) is 14.1. The van der Waals surface area contributed by atoms with E-state index < -0.39 is 0 Å². The highest BCUT2D eigenvalue weighted by Crippen LogP contribution is 2.56. The third kappa shape index (κ3) is 3.08. The maximum atomic E-state index is 13.0. The molecule has 1 aliphatic carbocycles. The lowest BCUT2D eigenvalue weighted by molar-refractivity contribution is -0.148. The molecule has 2 fully saturated rings. The van der Waals surface area contributed by atoms with E-state index in [1.165, 1.54) is 24.0 Å². The van der Waals surface area contributed by atoms with Crippen LogP contribution in [0.1, 0.15) is 48.4 Å². The molecule has 5 heteroatoms. The molecule has 1 N–H and O–H groups in total. The molecule has 2 heterocycles. The van der Waals surface area contributed by atoms with Crippen LogP contribution in [0.25, 0.3) is 0 Å². The summed E-state index contributed by atoms with van der Waals surface area (Å²) in [6.45, 7) is 3.79. The second-order valence-electron chi connectivity index (χ2n) is 8.37. The van der Waals surface area contributed by atoms with Gasteiger partial charge in [-0.1, -0.05) is 24.3 Å². The minimum absolute atomic E-state index is 0.0721. The molecule has 0 aromatic heterocycles. The predicted octanol–water partition coefficient (Wildman–Crippen LogP) is 3.73. The fourth-order valence-corrected chi connectivity index (χ4v) is 4.92. The molecule has 3 atom stereocenters. The first kappa shape index (κ1) is 18.5. The molecule has 1 saturated carbocycles. The van der Waals surface area contributed by atoms with Gasteiger partial charge in [-0.2, -0.15) is 0 Å². The van der Waals surface area contributed by atoms with Crippen LogP contribution in [0.2, 0.25) is 0 Å². The number of esters is 1. The second-order valence-corrected chi connectivity index (χ2v) is 8.37. The zero-order valence-electron chi connectivity index (χ0n) is 16.9. The van der Waals surface area contributed by atoms with Crippen LogP contribution in [0, 0.1) is 5.92 Å². The predicted molar refractivity (Wildman–Crippen MR) is 109 cm³/mol. The number of nitrogens with one attached hydrogen (secondary N) is 1. The van der Waals surface area contributed by atoms with Gasteiger partial charge in [0.25, 0.3) is 0 Å². The maximum absolute atomic E-state index is 13.0. The first-order valence-electron chi connectivity index (χ1n) is 10.5. The molecular formula is C24H27NO4. The van der Waals surface area contributed by atoms with E-state index in [9.17, 15) is 4.79 Å². The molecule has 0 bridgehead atoms. The quantitative estimate of drug-likeness (QED) is 0.785. The molecule has 0 amide bonds. The molecule has 1 saturated heterocycles. The first-order valence-corrected chi connectivity index (χ1v) is 10.5. The number of rotatable bonds is 5. The number of hydrogen-bond donors (Lipinski definition) is 1. The smallest absolute Gasteiger partial charge is 0.311 e. The molecule has 3 aliphatic rings. The van der Waals surface area contributed by atoms with E-state index in [0.29, 0.717) is 6.61 Å². The molecule has 29 heavy (non-hydrogen) atoms. The van der Waals surface area contributed by atoms with Crippen LogP contribution in [-0.2, 0) is 14.9 Å². The Hall–Kier alpha value is -2.53. The Morgan fingerprint density at radius 1 is 1.17 bits per heavy atom. The monoisotopic (exact) mass is 393 g/mol. The molecule has 2 aromatic rings. The number of carbonyl (C=O) groups is 1. The Kier molecular flexibility index (Phi) is 4.50. The van der Waals surface area contributed by atoms with E-state index in [0.717, 1.165) is 30.2 Å². The van der Waals surface area contributed by atoms with Gasteiger partial charge in [0.15, 0.2) is 0 Å². The van der Waals surface area contributed by atoms with Crippen molar-refractivity contribution in [1.29, 1.82) is 0 Å². The molecule has 1 spiro atoms. The third-order valence-corrected chi connectivity index (χ3v) is 6.74. The number of fused-ring (bicyclic) bond motifs is 2. The Morgan fingerprint density at radius 2 is 1.93 bits per heavy atom. The van der Waals surface area contributed by atoms with Gasteiger partial charge < -0.3 is 19.5 Å². The van der Waals surface area contributed by atoms with Crippen molar-refractivity contribution >= 4 is 5.97 Å². The lowest BCUT2D eigenvalue weighted by atomic mass is 9.81. The molecule has 3 unspecified atom stereocenters. The fourth-order valence-electron chi connectivity index (χ4n) is 4.92. The second kappa shape index (κ2) is 7.06. The Morgan fingerprint density at radius 3 is 2.62 bits per heavy atom. The van der Waals surface area contributed by atoms with Gasteiger partial charge in [-0.05, 0) is 49.1 Å². The minimum atomic E-state index is -0.265. The van der Waals surface area contributed by atoms with Gasteiger partial charge in [-0.25, -0.2) is 0 Å². The highest BCUT2D eigenvalue weighted by molar-refractivity contribution is 5.76. The number of hydrogen-bond acceptors (Lipinski definition) is 5. The topological polar surface area (TPSA) is 56.8 Å². The summed E-state index contributed by atoms with van der Waals surface area (Å²) < 4.78 is 16.7. The van der Waals surface area contributed by atoms with Crippen molar-refractivity contribution in [3.05, 3.63) is 59.2 Å². The average molecular weight is 393 g/mol. The van der Waals surface area contributed by atoms with Crippen LogP contribution in [0.15, 0.2) is 42.5 Å². The summed E-state index contributed by atoms with van der Waals surface area (Å²) in [5.74, 6) is 1.49. The van der Waals surface area contributed by atoms with Crippen LogP contribution in [-0.4, -0.2) is 32.8 Å².